The Morgan fingerprint density at radius 2 is 2.17 bits per heavy atom. The molecule has 2 N–H and O–H groups in total. The number of nitrogens with one attached hydrogen (secondary N) is 2. The zero-order valence-electron chi connectivity index (χ0n) is 14.7. The van der Waals surface area contributed by atoms with Crippen molar-refractivity contribution >= 4 is 21.6 Å². The van der Waals surface area contributed by atoms with Gasteiger partial charge in [-0.2, -0.15) is 14.0 Å². The Balaban J connectivity index is 1.97. The maximum atomic E-state index is 13.4. The van der Waals surface area contributed by atoms with Crippen molar-refractivity contribution in [2.45, 2.75) is 10.9 Å². The van der Waals surface area contributed by atoms with E-state index in [1.807, 2.05) is 0 Å². The van der Waals surface area contributed by atoms with Crippen molar-refractivity contribution in [3.8, 4) is 11.8 Å². The summed E-state index contributed by atoms with van der Waals surface area (Å²) < 4.78 is 72.0. The zero-order valence-corrected chi connectivity index (χ0v) is 15.6. The molecule has 0 fully saturated rings. The largest absolute Gasteiger partial charge is 0.488 e. The Kier molecular flexibility index (Phi) is 5.36. The number of rotatable bonds is 3. The van der Waals surface area contributed by atoms with Crippen LogP contribution in [0.25, 0.3) is 0 Å². The van der Waals surface area contributed by atoms with Gasteiger partial charge in [0, 0.05) is 25.0 Å². The van der Waals surface area contributed by atoms with Crippen LogP contribution in [0.1, 0.15) is 16.1 Å². The predicted molar refractivity (Wildman–Crippen MR) is 94.4 cm³/mol. The van der Waals surface area contributed by atoms with Crippen LogP contribution in [0.15, 0.2) is 41.4 Å². The predicted octanol–water partition coefficient (Wildman–Crippen LogP) is 2.11. The number of aromatic nitrogens is 1. The highest BCUT2D eigenvalue weighted by Crippen LogP contribution is 2.33. The van der Waals surface area contributed by atoms with Crippen LogP contribution in [0.5, 0.6) is 5.75 Å². The number of aryl methyl sites for hydroxylation is 1. The number of nitriles is 1. The topological polar surface area (TPSA) is 113 Å². The average molecular weight is 426 g/mol. The molecule has 12 heteroatoms. The molecule has 3 rings (SSSR count). The van der Waals surface area contributed by atoms with Crippen LogP contribution in [0.3, 0.4) is 0 Å². The second-order valence-corrected chi connectivity index (χ2v) is 7.72. The summed E-state index contributed by atoms with van der Waals surface area (Å²) in [5.74, 6) is -1.88. The van der Waals surface area contributed by atoms with Gasteiger partial charge in [0.2, 0.25) is 10.0 Å². The second-order valence-electron chi connectivity index (χ2n) is 6.04. The zero-order chi connectivity index (χ0) is 21.3. The molecule has 0 aliphatic carbocycles. The molecule has 1 unspecified atom stereocenters. The fourth-order valence-corrected chi connectivity index (χ4v) is 4.11. The molecule has 0 bridgehead atoms. The number of nitrogens with zero attached hydrogens (tertiary/aromatic N) is 2. The van der Waals surface area contributed by atoms with Gasteiger partial charge in [0.15, 0.2) is 11.4 Å². The standard InChI is InChI=1S/C17H13F3N4O4S/c1-24-7-13-16(28-8-11(5-14(19)20)23-29(13,26)27)15(24)17(25)22-10-2-3-12(18)9(4-10)6-21/h2-5,7,11,23H,8H2,1H3,(H,22,25). The molecule has 0 radical (unpaired) electrons. The lowest BCUT2D eigenvalue weighted by atomic mass is 10.2. The maximum absolute atomic E-state index is 13.4. The number of anilines is 1. The lowest BCUT2D eigenvalue weighted by molar-refractivity contribution is 0.101. The Labute approximate surface area is 163 Å². The van der Waals surface area contributed by atoms with E-state index in [0.717, 1.165) is 18.3 Å². The maximum Gasteiger partial charge on any atom is 0.276 e. The third-order valence-electron chi connectivity index (χ3n) is 3.99. The van der Waals surface area contributed by atoms with Gasteiger partial charge in [-0.05, 0) is 18.2 Å². The molecule has 8 nitrogen and oxygen atoms in total. The summed E-state index contributed by atoms with van der Waals surface area (Å²) in [5, 5.41) is 11.3. The van der Waals surface area contributed by atoms with Crippen molar-refractivity contribution in [3.63, 3.8) is 0 Å². The highest BCUT2D eigenvalue weighted by molar-refractivity contribution is 7.89. The number of benzene rings is 1. The Morgan fingerprint density at radius 1 is 1.45 bits per heavy atom. The van der Waals surface area contributed by atoms with Crippen LogP contribution in [0.2, 0.25) is 0 Å². The number of hydrogen-bond donors (Lipinski definition) is 2. The highest BCUT2D eigenvalue weighted by atomic mass is 32.2. The van der Waals surface area contributed by atoms with E-state index >= 15 is 0 Å². The van der Waals surface area contributed by atoms with Gasteiger partial charge in [-0.25, -0.2) is 17.5 Å². The van der Waals surface area contributed by atoms with Crippen molar-refractivity contribution in [2.75, 3.05) is 11.9 Å². The first-order valence-corrected chi connectivity index (χ1v) is 9.49. The number of sulfonamides is 1. The van der Waals surface area contributed by atoms with Crippen molar-refractivity contribution in [1.29, 1.82) is 5.26 Å². The quantitative estimate of drug-likeness (QED) is 0.781. The van der Waals surface area contributed by atoms with Gasteiger partial charge in [-0.3, -0.25) is 4.79 Å². The number of carbonyl (C=O) groups excluding carboxylic acids is 1. The van der Waals surface area contributed by atoms with Crippen molar-refractivity contribution in [2.24, 2.45) is 7.05 Å². The van der Waals surface area contributed by atoms with Gasteiger partial charge in [-0.1, -0.05) is 0 Å². The van der Waals surface area contributed by atoms with E-state index in [1.54, 1.807) is 6.07 Å². The smallest absolute Gasteiger partial charge is 0.276 e. The minimum Gasteiger partial charge on any atom is -0.488 e. The SMILES string of the molecule is Cn1cc2c(c1C(=O)Nc1ccc(F)c(C#N)c1)OCC(C=C(F)F)NS2(=O)=O. The molecule has 0 saturated heterocycles. The average Bonchev–Trinajstić information content (AvgIpc) is 2.92. The summed E-state index contributed by atoms with van der Waals surface area (Å²) in [5.41, 5.74) is -0.393. The lowest BCUT2D eigenvalue weighted by Gasteiger charge is -2.12. The molecule has 1 aromatic heterocycles. The fourth-order valence-electron chi connectivity index (χ4n) is 2.75. The number of halogens is 3. The van der Waals surface area contributed by atoms with Crippen molar-refractivity contribution < 1.29 is 31.1 Å². The first-order chi connectivity index (χ1) is 13.6. The summed E-state index contributed by atoms with van der Waals surface area (Å²) in [6.45, 7) is -0.469. The van der Waals surface area contributed by atoms with Crippen LogP contribution in [0.4, 0.5) is 18.9 Å². The van der Waals surface area contributed by atoms with E-state index in [-0.39, 0.29) is 22.7 Å². The van der Waals surface area contributed by atoms with Crippen LogP contribution < -0.4 is 14.8 Å². The number of amides is 1. The molecular formula is C17H13F3N4O4S. The monoisotopic (exact) mass is 426 g/mol. The number of ether oxygens (including phenoxy) is 1. The fraction of sp³-hybridized carbons (Fsp3) is 0.176. The molecule has 1 amide bonds. The molecular weight excluding hydrogens is 413 g/mol. The summed E-state index contributed by atoms with van der Waals surface area (Å²) in [6, 6.07) is 3.63. The first kappa shape index (κ1) is 20.4. The normalized spacial score (nSPS) is 17.3. The third kappa shape index (κ3) is 4.10. The van der Waals surface area contributed by atoms with Crippen LogP contribution in [-0.4, -0.2) is 31.5 Å². The van der Waals surface area contributed by atoms with Crippen molar-refractivity contribution in [3.05, 3.63) is 53.6 Å². The molecule has 2 heterocycles. The van der Waals surface area contributed by atoms with Gasteiger partial charge >= 0.3 is 0 Å². The second kappa shape index (κ2) is 7.61. The minimum absolute atomic E-state index is 0.0952. The molecule has 1 atom stereocenters. The molecule has 2 aromatic rings. The van der Waals surface area contributed by atoms with Gasteiger partial charge in [0.1, 0.15) is 23.4 Å². The van der Waals surface area contributed by atoms with Gasteiger partial charge in [-0.15, -0.1) is 0 Å². The molecule has 29 heavy (non-hydrogen) atoms. The number of fused-ring (bicyclic) bond motifs is 1. The summed E-state index contributed by atoms with van der Waals surface area (Å²) in [7, 11) is -2.85. The molecule has 0 spiro atoms. The Hall–Kier alpha value is -3.30. The van der Waals surface area contributed by atoms with Gasteiger partial charge in [0.25, 0.3) is 12.0 Å². The molecule has 152 valence electrons. The van der Waals surface area contributed by atoms with E-state index in [2.05, 4.69) is 10.0 Å². The number of hydrogen-bond acceptors (Lipinski definition) is 5. The summed E-state index contributed by atoms with van der Waals surface area (Å²) in [6.07, 6.45) is -0.586. The van der Waals surface area contributed by atoms with E-state index in [4.69, 9.17) is 10.00 Å². The molecule has 1 aliphatic rings. The Morgan fingerprint density at radius 3 is 2.83 bits per heavy atom. The van der Waals surface area contributed by atoms with E-state index in [0.29, 0.717) is 6.08 Å². The summed E-state index contributed by atoms with van der Waals surface area (Å²) >= 11 is 0. The Bertz CT molecular complexity index is 1160. The highest BCUT2D eigenvalue weighted by Gasteiger charge is 2.34. The van der Waals surface area contributed by atoms with E-state index < -0.39 is 45.4 Å². The first-order valence-electron chi connectivity index (χ1n) is 8.00. The number of carbonyl (C=O) groups is 1. The third-order valence-corrected chi connectivity index (χ3v) is 5.48. The van der Waals surface area contributed by atoms with Crippen molar-refractivity contribution in [1.82, 2.24) is 9.29 Å². The lowest BCUT2D eigenvalue weighted by Crippen LogP contribution is -2.35. The van der Waals surface area contributed by atoms with Crippen LogP contribution >= 0.6 is 0 Å². The van der Waals surface area contributed by atoms with Gasteiger partial charge in [0.05, 0.1) is 11.6 Å². The molecule has 1 aliphatic heterocycles. The van der Waals surface area contributed by atoms with Crippen LogP contribution in [-0.2, 0) is 17.1 Å². The minimum atomic E-state index is -4.24. The van der Waals surface area contributed by atoms with E-state index in [9.17, 15) is 26.4 Å². The van der Waals surface area contributed by atoms with Gasteiger partial charge < -0.3 is 14.6 Å². The van der Waals surface area contributed by atoms with E-state index in [1.165, 1.54) is 17.7 Å². The molecule has 0 saturated carbocycles. The molecule has 1 aromatic carbocycles. The summed E-state index contributed by atoms with van der Waals surface area (Å²) in [4.78, 5) is 12.3. The van der Waals surface area contributed by atoms with Crippen LogP contribution in [0, 0.1) is 17.1 Å².